The van der Waals surface area contributed by atoms with E-state index in [0.717, 1.165) is 0 Å². The standard InChI is InChI=1S/C14H19NO3/c1-10(2)11-5-7-12(8-6-11)14(17)15(3)9-13(16)18-4/h5-8,10H,9H2,1-4H3. The third kappa shape index (κ3) is 3.58. The number of carbonyl (C=O) groups is 2. The van der Waals surface area contributed by atoms with E-state index in [9.17, 15) is 9.59 Å². The van der Waals surface area contributed by atoms with Gasteiger partial charge in [0.15, 0.2) is 0 Å². The molecule has 1 rings (SSSR count). The maximum absolute atomic E-state index is 12.0. The van der Waals surface area contributed by atoms with Gasteiger partial charge in [-0.15, -0.1) is 0 Å². The number of ether oxygens (including phenoxy) is 1. The molecule has 0 heterocycles. The number of hydrogen-bond donors (Lipinski definition) is 0. The van der Waals surface area contributed by atoms with Gasteiger partial charge in [-0.25, -0.2) is 0 Å². The van der Waals surface area contributed by atoms with Gasteiger partial charge in [0.25, 0.3) is 5.91 Å². The van der Waals surface area contributed by atoms with Crippen LogP contribution in [0.3, 0.4) is 0 Å². The fourth-order valence-electron chi connectivity index (χ4n) is 1.56. The molecule has 0 unspecified atom stereocenters. The molecule has 0 radical (unpaired) electrons. The number of esters is 1. The minimum Gasteiger partial charge on any atom is -0.468 e. The summed E-state index contributed by atoms with van der Waals surface area (Å²) in [7, 11) is 2.88. The van der Waals surface area contributed by atoms with Gasteiger partial charge in [-0.2, -0.15) is 0 Å². The minimum atomic E-state index is -0.426. The Morgan fingerprint density at radius 1 is 1.22 bits per heavy atom. The summed E-state index contributed by atoms with van der Waals surface area (Å²) in [5, 5.41) is 0. The first-order valence-electron chi connectivity index (χ1n) is 5.88. The lowest BCUT2D eigenvalue weighted by molar-refractivity contribution is -0.141. The number of carbonyl (C=O) groups excluding carboxylic acids is 2. The molecule has 0 atom stereocenters. The number of rotatable bonds is 4. The largest absolute Gasteiger partial charge is 0.468 e. The molecule has 0 spiro atoms. The van der Waals surface area contributed by atoms with E-state index in [-0.39, 0.29) is 12.5 Å². The van der Waals surface area contributed by atoms with Crippen molar-refractivity contribution in [1.29, 1.82) is 0 Å². The first-order valence-corrected chi connectivity index (χ1v) is 5.88. The zero-order valence-electron chi connectivity index (χ0n) is 11.3. The van der Waals surface area contributed by atoms with E-state index < -0.39 is 5.97 Å². The molecule has 1 amide bonds. The summed E-state index contributed by atoms with van der Waals surface area (Å²) in [5.74, 6) is -0.178. The third-order valence-corrected chi connectivity index (χ3v) is 2.76. The second kappa shape index (κ2) is 6.19. The highest BCUT2D eigenvalue weighted by atomic mass is 16.5. The van der Waals surface area contributed by atoms with Crippen molar-refractivity contribution in [3.8, 4) is 0 Å². The second-order valence-electron chi connectivity index (χ2n) is 4.51. The molecule has 4 heteroatoms. The highest BCUT2D eigenvalue weighted by Crippen LogP contribution is 2.15. The van der Waals surface area contributed by atoms with Gasteiger partial charge in [0.1, 0.15) is 6.54 Å². The summed E-state index contributed by atoms with van der Waals surface area (Å²) in [6, 6.07) is 7.44. The van der Waals surface area contributed by atoms with E-state index in [1.165, 1.54) is 17.6 Å². The molecule has 0 N–H and O–H groups in total. The topological polar surface area (TPSA) is 46.6 Å². The van der Waals surface area contributed by atoms with E-state index in [1.54, 1.807) is 19.2 Å². The van der Waals surface area contributed by atoms with Crippen LogP contribution < -0.4 is 0 Å². The highest BCUT2D eigenvalue weighted by Gasteiger charge is 2.15. The van der Waals surface area contributed by atoms with E-state index in [2.05, 4.69) is 18.6 Å². The molecular weight excluding hydrogens is 230 g/mol. The van der Waals surface area contributed by atoms with Gasteiger partial charge < -0.3 is 9.64 Å². The van der Waals surface area contributed by atoms with Crippen LogP contribution in [0, 0.1) is 0 Å². The number of nitrogens with zero attached hydrogens (tertiary/aromatic N) is 1. The Balaban J connectivity index is 2.74. The molecule has 1 aromatic carbocycles. The normalized spacial score (nSPS) is 10.3. The summed E-state index contributed by atoms with van der Waals surface area (Å²) < 4.78 is 4.52. The van der Waals surface area contributed by atoms with Crippen LogP contribution in [0.15, 0.2) is 24.3 Å². The number of amides is 1. The molecule has 98 valence electrons. The average Bonchev–Trinajstić information content (AvgIpc) is 2.37. The number of hydrogen-bond acceptors (Lipinski definition) is 3. The number of benzene rings is 1. The van der Waals surface area contributed by atoms with Crippen LogP contribution >= 0.6 is 0 Å². The smallest absolute Gasteiger partial charge is 0.325 e. The zero-order valence-corrected chi connectivity index (χ0v) is 11.3. The van der Waals surface area contributed by atoms with Gasteiger partial charge in [0.2, 0.25) is 0 Å². The predicted molar refractivity (Wildman–Crippen MR) is 69.5 cm³/mol. The Kier molecular flexibility index (Phi) is 4.89. The van der Waals surface area contributed by atoms with Gasteiger partial charge in [0.05, 0.1) is 7.11 Å². The molecular formula is C14H19NO3. The molecule has 0 aliphatic rings. The molecule has 0 aliphatic heterocycles. The summed E-state index contributed by atoms with van der Waals surface area (Å²) >= 11 is 0. The molecule has 1 aromatic rings. The Hall–Kier alpha value is -1.84. The molecule has 18 heavy (non-hydrogen) atoms. The quantitative estimate of drug-likeness (QED) is 0.767. The molecule has 0 bridgehead atoms. The number of methoxy groups -OCH3 is 1. The van der Waals surface area contributed by atoms with Gasteiger partial charge >= 0.3 is 5.97 Å². The maximum atomic E-state index is 12.0. The summed E-state index contributed by atoms with van der Waals surface area (Å²) in [4.78, 5) is 24.4. The maximum Gasteiger partial charge on any atom is 0.325 e. The Bertz CT molecular complexity index is 423. The van der Waals surface area contributed by atoms with Crippen LogP contribution in [-0.4, -0.2) is 37.5 Å². The lowest BCUT2D eigenvalue weighted by Crippen LogP contribution is -2.32. The first-order chi connectivity index (χ1) is 8.45. The average molecular weight is 249 g/mol. The van der Waals surface area contributed by atoms with E-state index in [1.807, 2.05) is 12.1 Å². The predicted octanol–water partition coefficient (Wildman–Crippen LogP) is 2.05. The van der Waals surface area contributed by atoms with Gasteiger partial charge in [-0.05, 0) is 23.6 Å². The SMILES string of the molecule is COC(=O)CN(C)C(=O)c1ccc(C(C)C)cc1. The molecule has 0 saturated heterocycles. The second-order valence-corrected chi connectivity index (χ2v) is 4.51. The van der Waals surface area contributed by atoms with Gasteiger partial charge in [0, 0.05) is 12.6 Å². The van der Waals surface area contributed by atoms with Crippen LogP contribution in [0.25, 0.3) is 0 Å². The van der Waals surface area contributed by atoms with Crippen LogP contribution in [0.5, 0.6) is 0 Å². The fraction of sp³-hybridized carbons (Fsp3) is 0.429. The number of likely N-dealkylation sites (N-methyl/N-ethyl adjacent to an activating group) is 1. The van der Waals surface area contributed by atoms with E-state index in [0.29, 0.717) is 11.5 Å². The fourth-order valence-corrected chi connectivity index (χ4v) is 1.56. The van der Waals surface area contributed by atoms with Crippen molar-refractivity contribution < 1.29 is 14.3 Å². The Morgan fingerprint density at radius 2 is 1.78 bits per heavy atom. The van der Waals surface area contributed by atoms with Crippen molar-refractivity contribution in [2.75, 3.05) is 20.7 Å². The van der Waals surface area contributed by atoms with Crippen molar-refractivity contribution in [2.45, 2.75) is 19.8 Å². The van der Waals surface area contributed by atoms with Gasteiger partial charge in [-0.3, -0.25) is 9.59 Å². The molecule has 0 aliphatic carbocycles. The monoisotopic (exact) mass is 249 g/mol. The van der Waals surface area contributed by atoms with Crippen LogP contribution in [0.1, 0.15) is 35.7 Å². The van der Waals surface area contributed by atoms with Crippen molar-refractivity contribution >= 4 is 11.9 Å². The van der Waals surface area contributed by atoms with Gasteiger partial charge in [-0.1, -0.05) is 26.0 Å². The molecule has 0 fully saturated rings. The lowest BCUT2D eigenvalue weighted by atomic mass is 10.0. The van der Waals surface area contributed by atoms with E-state index >= 15 is 0 Å². The van der Waals surface area contributed by atoms with E-state index in [4.69, 9.17) is 0 Å². The van der Waals surface area contributed by atoms with Crippen molar-refractivity contribution in [1.82, 2.24) is 4.90 Å². The highest BCUT2D eigenvalue weighted by molar-refractivity contribution is 5.95. The van der Waals surface area contributed by atoms with Crippen LogP contribution in [0.2, 0.25) is 0 Å². The van der Waals surface area contributed by atoms with Crippen LogP contribution in [-0.2, 0) is 9.53 Å². The minimum absolute atomic E-state index is 0.0404. The summed E-state index contributed by atoms with van der Waals surface area (Å²) in [6.07, 6.45) is 0. The van der Waals surface area contributed by atoms with Crippen LogP contribution in [0.4, 0.5) is 0 Å². The van der Waals surface area contributed by atoms with Crippen molar-refractivity contribution in [3.05, 3.63) is 35.4 Å². The Labute approximate surface area is 108 Å². The molecule has 4 nitrogen and oxygen atoms in total. The lowest BCUT2D eigenvalue weighted by Gasteiger charge is -2.16. The van der Waals surface area contributed by atoms with Crippen molar-refractivity contribution in [2.24, 2.45) is 0 Å². The van der Waals surface area contributed by atoms with Crippen molar-refractivity contribution in [3.63, 3.8) is 0 Å². The molecule has 0 saturated carbocycles. The Morgan fingerprint density at radius 3 is 2.22 bits per heavy atom. The third-order valence-electron chi connectivity index (χ3n) is 2.76. The first kappa shape index (κ1) is 14.2. The zero-order chi connectivity index (χ0) is 13.7. The summed E-state index contributed by atoms with van der Waals surface area (Å²) in [5.41, 5.74) is 1.76. The molecule has 0 aromatic heterocycles. The summed E-state index contributed by atoms with van der Waals surface area (Å²) in [6.45, 7) is 4.15.